The molecule has 4 aliphatic heterocycles. The number of aliphatic hydroxyl groups is 5. The number of aromatic amines is 1. The van der Waals surface area contributed by atoms with Gasteiger partial charge < -0.3 is 49.9 Å². The van der Waals surface area contributed by atoms with Crippen molar-refractivity contribution < 1.29 is 49.7 Å². The first-order valence-corrected chi connectivity index (χ1v) is 12.8. The maximum Gasteiger partial charge on any atom is 0.355 e. The summed E-state index contributed by atoms with van der Waals surface area (Å²) in [6, 6.07) is 3.04. The van der Waals surface area contributed by atoms with E-state index < -0.39 is 81.4 Å². The first-order valence-electron chi connectivity index (χ1n) is 12.8. The van der Waals surface area contributed by atoms with Crippen LogP contribution in [-0.2, 0) is 14.2 Å². The molecule has 1 aromatic heterocycles. The third-order valence-corrected chi connectivity index (χ3v) is 11.1. The van der Waals surface area contributed by atoms with E-state index in [-0.39, 0.29) is 12.1 Å². The summed E-state index contributed by atoms with van der Waals surface area (Å²) in [4.78, 5) is 16.0. The van der Waals surface area contributed by atoms with E-state index in [1.807, 2.05) is 0 Å². The molecule has 8 N–H and O–H groups in total. The number of aromatic nitrogens is 1. The molecule has 0 aromatic carbocycles. The van der Waals surface area contributed by atoms with Crippen LogP contribution < -0.4 is 5.48 Å². The van der Waals surface area contributed by atoms with Crippen LogP contribution in [0.4, 0.5) is 0 Å². The lowest BCUT2D eigenvalue weighted by Gasteiger charge is -2.75. The Bertz CT molecular complexity index is 1160. The predicted molar refractivity (Wildman–Crippen MR) is 122 cm³/mol. The van der Waals surface area contributed by atoms with Crippen LogP contribution in [0.1, 0.15) is 64.4 Å². The number of aliphatic hydroxyl groups excluding tert-OH is 1. The van der Waals surface area contributed by atoms with Gasteiger partial charge >= 0.3 is 5.97 Å². The van der Waals surface area contributed by atoms with Crippen LogP contribution in [0.15, 0.2) is 18.3 Å². The molecule has 1 aromatic rings. The summed E-state index contributed by atoms with van der Waals surface area (Å²) >= 11 is 0. The largest absolute Gasteiger partial charge is 0.450 e. The summed E-state index contributed by atoms with van der Waals surface area (Å²) in [5, 5.41) is 72.5. The van der Waals surface area contributed by atoms with Crippen LogP contribution in [0.25, 0.3) is 0 Å². The molecule has 1 unspecified atom stereocenters. The van der Waals surface area contributed by atoms with Crippen molar-refractivity contribution in [1.29, 1.82) is 0 Å². The zero-order chi connectivity index (χ0) is 27.2. The summed E-state index contributed by atoms with van der Waals surface area (Å²) in [6.45, 7) is 7.80. The molecule has 4 saturated heterocycles. The van der Waals surface area contributed by atoms with Crippen molar-refractivity contribution in [3.05, 3.63) is 24.0 Å². The minimum Gasteiger partial charge on any atom is -0.450 e. The molecule has 6 rings (SSSR count). The van der Waals surface area contributed by atoms with Crippen LogP contribution in [0, 0.1) is 22.7 Å². The van der Waals surface area contributed by atoms with E-state index in [9.17, 15) is 35.5 Å². The molecule has 5 heterocycles. The number of hydroxylamine groups is 1. The lowest BCUT2D eigenvalue weighted by atomic mass is 9.42. The Balaban J connectivity index is 1.70. The molecule has 37 heavy (non-hydrogen) atoms. The fourth-order valence-corrected chi connectivity index (χ4v) is 9.00. The van der Waals surface area contributed by atoms with Crippen molar-refractivity contribution in [1.82, 2.24) is 10.5 Å². The molecule has 5 fully saturated rings. The molecule has 12 heteroatoms. The molecule has 206 valence electrons. The van der Waals surface area contributed by atoms with Gasteiger partial charge in [-0.1, -0.05) is 27.7 Å². The molecule has 12 nitrogen and oxygen atoms in total. The molecule has 0 amide bonds. The lowest BCUT2D eigenvalue weighted by molar-refractivity contribution is -0.533. The number of hydrogen-bond acceptors (Lipinski definition) is 11. The molecular weight excluding hydrogens is 488 g/mol. The molecular formula is C25H36N2O10. The van der Waals surface area contributed by atoms with Crippen LogP contribution in [0.5, 0.6) is 0 Å². The minimum absolute atomic E-state index is 0.000385. The molecule has 5 aliphatic rings. The van der Waals surface area contributed by atoms with E-state index in [1.54, 1.807) is 26.8 Å². The maximum atomic E-state index is 13.3. The van der Waals surface area contributed by atoms with E-state index in [0.717, 1.165) is 0 Å². The summed E-state index contributed by atoms with van der Waals surface area (Å²) < 4.78 is 18.5. The highest BCUT2D eigenvalue weighted by Crippen LogP contribution is 2.84. The number of carbonyl (C=O) groups excluding carboxylic acids is 1. The Morgan fingerprint density at radius 3 is 2.46 bits per heavy atom. The number of rotatable bonds is 4. The topological polar surface area (TPSA) is 194 Å². The van der Waals surface area contributed by atoms with Gasteiger partial charge in [0.1, 0.15) is 22.3 Å². The van der Waals surface area contributed by atoms with Gasteiger partial charge in [0.05, 0.1) is 11.5 Å². The fourth-order valence-electron chi connectivity index (χ4n) is 9.00. The van der Waals surface area contributed by atoms with Crippen LogP contribution in [-0.4, -0.2) is 88.0 Å². The Morgan fingerprint density at radius 2 is 1.89 bits per heavy atom. The second-order valence-electron chi connectivity index (χ2n) is 12.5. The third-order valence-electron chi connectivity index (χ3n) is 11.1. The van der Waals surface area contributed by atoms with Crippen molar-refractivity contribution in [2.24, 2.45) is 22.7 Å². The van der Waals surface area contributed by atoms with Crippen molar-refractivity contribution in [2.75, 3.05) is 0 Å². The average Bonchev–Trinajstić information content (AvgIpc) is 3.40. The minimum atomic E-state index is -2.75. The molecule has 1 spiro atoms. The molecule has 11 atom stereocenters. The Kier molecular flexibility index (Phi) is 4.68. The van der Waals surface area contributed by atoms with Crippen LogP contribution in [0.3, 0.4) is 0 Å². The van der Waals surface area contributed by atoms with Crippen LogP contribution >= 0.6 is 0 Å². The number of hydrogen-bond donors (Lipinski definition) is 8. The summed E-state index contributed by atoms with van der Waals surface area (Å²) in [6.07, 6.45) is -1.89. The fraction of sp³-hybridized carbons (Fsp3) is 0.800. The number of ether oxygens (including phenoxy) is 3. The highest BCUT2D eigenvalue weighted by molar-refractivity contribution is 5.87. The van der Waals surface area contributed by atoms with E-state index in [0.29, 0.717) is 6.42 Å². The van der Waals surface area contributed by atoms with Gasteiger partial charge in [0.15, 0.2) is 23.2 Å². The SMILES string of the molecule is CC(C)[C@@]1(O)[C@@H](OC(=O)c2ccc[nH]2)[C@]2(NO)O[C@@]3(O)[C@]45OC(O)(C[C@@]2(C)[C@@]4(O)CC[C@H](C)[C@H]5O)[C@]31C. The highest BCUT2D eigenvalue weighted by Gasteiger charge is 3.04. The summed E-state index contributed by atoms with van der Waals surface area (Å²) in [7, 11) is 0. The zero-order valence-electron chi connectivity index (χ0n) is 21.5. The van der Waals surface area contributed by atoms with E-state index in [1.165, 1.54) is 26.1 Å². The van der Waals surface area contributed by atoms with Gasteiger partial charge in [0.2, 0.25) is 5.79 Å². The third kappa shape index (κ3) is 2.09. The van der Waals surface area contributed by atoms with E-state index >= 15 is 0 Å². The molecule has 5 bridgehead atoms. The van der Waals surface area contributed by atoms with Crippen molar-refractivity contribution in [2.45, 2.75) is 100 Å². The Hall–Kier alpha value is -1.61. The standard InChI is InChI=1S/C25H36N2O10/c1-12(2)22(32)17(35-16(29)14-7-6-10-26-14)24(27-34)18(4)11-21(31)19(22,5)25(33,37-24)23(36-21)15(28)13(3)8-9-20(18,23)30/h6-7,10,12-13,15,17,26-28,30-34H,8-9,11H2,1-5H3/t13-,15+,17+,18-,19-,20-,21?,22+,23+,24-,25+/m0/s1. The first kappa shape index (κ1) is 25.7. The quantitative estimate of drug-likeness (QED) is 0.191. The van der Waals surface area contributed by atoms with Gasteiger partial charge in [-0.2, -0.15) is 5.48 Å². The normalized spacial score (nSPS) is 57.6. The van der Waals surface area contributed by atoms with Crippen LogP contribution in [0.2, 0.25) is 0 Å². The Morgan fingerprint density at radius 1 is 1.22 bits per heavy atom. The van der Waals surface area contributed by atoms with E-state index in [2.05, 4.69) is 10.5 Å². The predicted octanol–water partition coefficient (Wildman–Crippen LogP) is -0.269. The molecule has 0 radical (unpaired) electrons. The van der Waals surface area contributed by atoms with E-state index in [4.69, 9.17) is 14.2 Å². The van der Waals surface area contributed by atoms with Gasteiger partial charge in [-0.3, -0.25) is 0 Å². The highest BCUT2D eigenvalue weighted by atomic mass is 16.8. The molecule has 1 saturated carbocycles. The van der Waals surface area contributed by atoms with Crippen molar-refractivity contribution >= 4 is 5.97 Å². The van der Waals surface area contributed by atoms with Gasteiger partial charge in [0.25, 0.3) is 0 Å². The van der Waals surface area contributed by atoms with Gasteiger partial charge in [0, 0.05) is 12.6 Å². The monoisotopic (exact) mass is 524 g/mol. The lowest BCUT2D eigenvalue weighted by Crippen LogP contribution is -2.96. The van der Waals surface area contributed by atoms with Crippen molar-refractivity contribution in [3.63, 3.8) is 0 Å². The second-order valence-corrected chi connectivity index (χ2v) is 12.5. The number of esters is 1. The number of nitrogens with one attached hydrogen (secondary N) is 2. The zero-order valence-corrected chi connectivity index (χ0v) is 21.5. The summed E-state index contributed by atoms with van der Waals surface area (Å²) in [5.74, 6) is -7.34. The van der Waals surface area contributed by atoms with Gasteiger partial charge in [-0.25, -0.2) is 4.79 Å². The summed E-state index contributed by atoms with van der Waals surface area (Å²) in [5.41, 5.74) is -10.9. The van der Waals surface area contributed by atoms with Crippen molar-refractivity contribution in [3.8, 4) is 0 Å². The number of H-pyrrole nitrogens is 1. The molecule has 1 aliphatic carbocycles. The smallest absolute Gasteiger partial charge is 0.355 e. The average molecular weight is 525 g/mol. The van der Waals surface area contributed by atoms with Gasteiger partial charge in [-0.15, -0.1) is 0 Å². The Labute approximate surface area is 213 Å². The first-order chi connectivity index (χ1) is 17.0. The maximum absolute atomic E-state index is 13.3. The van der Waals surface area contributed by atoms with Gasteiger partial charge in [-0.05, 0) is 43.7 Å². The number of fused-ring (bicyclic) bond motifs is 4. The number of carbonyl (C=O) groups is 1. The second kappa shape index (κ2) is 6.75.